The monoisotopic (exact) mass is 448 g/mol. The van der Waals surface area contributed by atoms with Gasteiger partial charge in [0.15, 0.2) is 0 Å². The van der Waals surface area contributed by atoms with E-state index in [-0.39, 0.29) is 11.9 Å². The van der Waals surface area contributed by atoms with Crippen molar-refractivity contribution in [3.05, 3.63) is 65.5 Å². The number of likely N-dealkylation sites (tertiary alicyclic amines) is 1. The van der Waals surface area contributed by atoms with Gasteiger partial charge < -0.3 is 10.6 Å². The summed E-state index contributed by atoms with van der Waals surface area (Å²) < 4.78 is 13.2. The fourth-order valence-electron chi connectivity index (χ4n) is 5.61. The van der Waals surface area contributed by atoms with Crippen molar-refractivity contribution in [2.24, 2.45) is 17.6 Å². The van der Waals surface area contributed by atoms with Crippen LogP contribution in [0.4, 0.5) is 14.9 Å². The SMILES string of the molecule is N#Cc1cccc(N(C(N)=O)C2CCCCC2CN2CCC(Cc3ccc(F)cc3)CC2)c1. The molecule has 1 aliphatic carbocycles. The number of carbonyl (C=O) groups is 1. The number of urea groups is 1. The summed E-state index contributed by atoms with van der Waals surface area (Å²) in [5.41, 5.74) is 8.32. The molecular formula is C27H33FN4O. The van der Waals surface area contributed by atoms with Crippen LogP contribution in [0.15, 0.2) is 48.5 Å². The number of nitrogens with two attached hydrogens (primary N) is 1. The molecule has 0 bridgehead atoms. The average molecular weight is 449 g/mol. The Morgan fingerprint density at radius 2 is 1.82 bits per heavy atom. The number of halogens is 1. The van der Waals surface area contributed by atoms with Gasteiger partial charge in [-0.3, -0.25) is 4.90 Å². The molecule has 1 heterocycles. The fourth-order valence-corrected chi connectivity index (χ4v) is 5.61. The molecule has 6 heteroatoms. The summed E-state index contributed by atoms with van der Waals surface area (Å²) in [6.07, 6.45) is 7.56. The summed E-state index contributed by atoms with van der Waals surface area (Å²) in [6.45, 7) is 3.07. The number of nitriles is 1. The molecule has 0 spiro atoms. The maximum absolute atomic E-state index is 13.2. The Balaban J connectivity index is 1.38. The first-order valence-electron chi connectivity index (χ1n) is 12.1. The lowest BCUT2D eigenvalue weighted by atomic mass is 9.82. The molecule has 2 aliphatic rings. The van der Waals surface area contributed by atoms with E-state index in [1.807, 2.05) is 24.3 Å². The van der Waals surface area contributed by atoms with Gasteiger partial charge in [0.1, 0.15) is 5.82 Å². The maximum Gasteiger partial charge on any atom is 0.319 e. The number of carbonyl (C=O) groups excluding carboxylic acids is 1. The predicted octanol–water partition coefficient (Wildman–Crippen LogP) is 5.10. The second-order valence-electron chi connectivity index (χ2n) is 9.56. The van der Waals surface area contributed by atoms with E-state index in [4.69, 9.17) is 5.73 Å². The van der Waals surface area contributed by atoms with Gasteiger partial charge in [-0.2, -0.15) is 5.26 Å². The molecule has 1 saturated heterocycles. The van der Waals surface area contributed by atoms with Crippen LogP contribution in [-0.4, -0.2) is 36.6 Å². The van der Waals surface area contributed by atoms with Crippen LogP contribution < -0.4 is 10.6 Å². The molecule has 1 saturated carbocycles. The molecule has 0 aromatic heterocycles. The summed E-state index contributed by atoms with van der Waals surface area (Å²) in [6, 6.07) is 15.9. The molecule has 2 unspecified atom stereocenters. The van der Waals surface area contributed by atoms with Gasteiger partial charge in [-0.1, -0.05) is 31.0 Å². The highest BCUT2D eigenvalue weighted by molar-refractivity contribution is 5.91. The number of piperidine rings is 1. The van der Waals surface area contributed by atoms with E-state index in [1.165, 1.54) is 12.0 Å². The molecule has 2 aromatic carbocycles. The van der Waals surface area contributed by atoms with Crippen molar-refractivity contribution in [3.63, 3.8) is 0 Å². The number of nitrogens with zero attached hydrogens (tertiary/aromatic N) is 3. The van der Waals surface area contributed by atoms with Crippen molar-refractivity contribution in [1.82, 2.24) is 4.90 Å². The summed E-state index contributed by atoms with van der Waals surface area (Å²) in [5.74, 6) is 0.815. The minimum absolute atomic E-state index is 0.0575. The number of rotatable bonds is 6. The molecular weight excluding hydrogens is 415 g/mol. The fraction of sp³-hybridized carbons (Fsp3) is 0.481. The Kier molecular flexibility index (Phi) is 7.61. The van der Waals surface area contributed by atoms with E-state index in [2.05, 4.69) is 11.0 Å². The standard InChI is InChI=1S/C27H33FN4O/c28-24-10-8-20(9-11-24)16-21-12-14-31(15-13-21)19-23-5-1-2-7-26(23)32(27(30)33)25-6-3-4-22(17-25)18-29/h3-4,6,8-11,17,21,23,26H,1-2,5,7,12-16,19H2,(H2,30,33). The lowest BCUT2D eigenvalue weighted by Gasteiger charge is -2.42. The average Bonchev–Trinajstić information content (AvgIpc) is 2.83. The van der Waals surface area contributed by atoms with Crippen LogP contribution in [0.3, 0.4) is 0 Å². The van der Waals surface area contributed by atoms with Crippen LogP contribution in [0.1, 0.15) is 49.7 Å². The Bertz CT molecular complexity index is 978. The van der Waals surface area contributed by atoms with Crippen molar-refractivity contribution in [1.29, 1.82) is 5.26 Å². The third-order valence-electron chi connectivity index (χ3n) is 7.33. The molecule has 2 aromatic rings. The molecule has 5 nitrogen and oxygen atoms in total. The molecule has 2 atom stereocenters. The third kappa shape index (κ3) is 5.91. The van der Waals surface area contributed by atoms with E-state index >= 15 is 0 Å². The number of amides is 2. The molecule has 2 fully saturated rings. The molecule has 2 N–H and O–H groups in total. The summed E-state index contributed by atoms with van der Waals surface area (Å²) in [5, 5.41) is 9.28. The normalized spacial score (nSPS) is 21.9. The number of anilines is 1. The van der Waals surface area contributed by atoms with Gasteiger partial charge in [0.25, 0.3) is 0 Å². The Labute approximate surface area is 196 Å². The summed E-state index contributed by atoms with van der Waals surface area (Å²) >= 11 is 0. The topological polar surface area (TPSA) is 73.4 Å². The highest BCUT2D eigenvalue weighted by Crippen LogP contribution is 2.34. The van der Waals surface area contributed by atoms with Gasteiger partial charge >= 0.3 is 6.03 Å². The van der Waals surface area contributed by atoms with Crippen LogP contribution in [-0.2, 0) is 6.42 Å². The van der Waals surface area contributed by atoms with Crippen LogP contribution in [0, 0.1) is 29.0 Å². The number of hydrogen-bond acceptors (Lipinski definition) is 3. The van der Waals surface area contributed by atoms with E-state index in [9.17, 15) is 14.4 Å². The van der Waals surface area contributed by atoms with E-state index in [1.54, 1.807) is 29.2 Å². The van der Waals surface area contributed by atoms with E-state index < -0.39 is 6.03 Å². The predicted molar refractivity (Wildman–Crippen MR) is 128 cm³/mol. The number of benzene rings is 2. The third-order valence-corrected chi connectivity index (χ3v) is 7.33. The van der Waals surface area contributed by atoms with Gasteiger partial charge in [-0.15, -0.1) is 0 Å². The minimum atomic E-state index is -0.444. The Morgan fingerprint density at radius 1 is 1.09 bits per heavy atom. The van der Waals surface area contributed by atoms with Gasteiger partial charge in [-0.25, -0.2) is 9.18 Å². The van der Waals surface area contributed by atoms with Crippen LogP contribution >= 0.6 is 0 Å². The quantitative estimate of drug-likeness (QED) is 0.668. The maximum atomic E-state index is 13.2. The highest BCUT2D eigenvalue weighted by Gasteiger charge is 2.35. The van der Waals surface area contributed by atoms with Crippen molar-refractivity contribution < 1.29 is 9.18 Å². The van der Waals surface area contributed by atoms with E-state index in [0.717, 1.165) is 63.8 Å². The molecule has 33 heavy (non-hydrogen) atoms. The molecule has 2 amide bonds. The lowest BCUT2D eigenvalue weighted by Crippen LogP contribution is -2.52. The Hall–Kier alpha value is -2.91. The van der Waals surface area contributed by atoms with Crippen molar-refractivity contribution in [2.75, 3.05) is 24.5 Å². The van der Waals surface area contributed by atoms with Gasteiger partial charge in [0, 0.05) is 18.3 Å². The molecule has 4 rings (SSSR count). The zero-order valence-electron chi connectivity index (χ0n) is 19.1. The summed E-state index contributed by atoms with van der Waals surface area (Å²) in [4.78, 5) is 16.8. The zero-order chi connectivity index (χ0) is 23.2. The molecule has 1 aliphatic heterocycles. The summed E-state index contributed by atoms with van der Waals surface area (Å²) in [7, 11) is 0. The lowest BCUT2D eigenvalue weighted by molar-refractivity contribution is 0.135. The van der Waals surface area contributed by atoms with Gasteiger partial charge in [0.2, 0.25) is 0 Å². The van der Waals surface area contributed by atoms with Crippen molar-refractivity contribution in [2.45, 2.75) is 51.0 Å². The molecule has 174 valence electrons. The highest BCUT2D eigenvalue weighted by atomic mass is 19.1. The first kappa shape index (κ1) is 23.3. The second kappa shape index (κ2) is 10.8. The number of hydrogen-bond donors (Lipinski definition) is 1. The first-order valence-corrected chi connectivity index (χ1v) is 12.1. The van der Waals surface area contributed by atoms with Crippen molar-refractivity contribution in [3.8, 4) is 6.07 Å². The van der Waals surface area contributed by atoms with Gasteiger partial charge in [-0.05, 0) is 92.9 Å². The minimum Gasteiger partial charge on any atom is -0.351 e. The van der Waals surface area contributed by atoms with E-state index in [0.29, 0.717) is 17.4 Å². The number of primary amides is 1. The van der Waals surface area contributed by atoms with Crippen molar-refractivity contribution >= 4 is 11.7 Å². The largest absolute Gasteiger partial charge is 0.351 e. The second-order valence-corrected chi connectivity index (χ2v) is 9.56. The van der Waals surface area contributed by atoms with Crippen LogP contribution in [0.5, 0.6) is 0 Å². The van der Waals surface area contributed by atoms with Crippen LogP contribution in [0.25, 0.3) is 0 Å². The van der Waals surface area contributed by atoms with Crippen LogP contribution in [0.2, 0.25) is 0 Å². The smallest absolute Gasteiger partial charge is 0.319 e. The molecule has 0 radical (unpaired) electrons. The zero-order valence-corrected chi connectivity index (χ0v) is 19.1. The Morgan fingerprint density at radius 3 is 2.52 bits per heavy atom. The first-order chi connectivity index (χ1) is 16.0. The van der Waals surface area contributed by atoms with Gasteiger partial charge in [0.05, 0.1) is 11.6 Å².